The lowest BCUT2D eigenvalue weighted by Gasteiger charge is -1.98. The van der Waals surface area contributed by atoms with Crippen molar-refractivity contribution in [3.05, 3.63) is 34.4 Å². The highest BCUT2D eigenvalue weighted by atomic mass is 79.9. The molecule has 0 aliphatic carbocycles. The summed E-state index contributed by atoms with van der Waals surface area (Å²) in [6.07, 6.45) is 1.43. The van der Waals surface area contributed by atoms with E-state index >= 15 is 0 Å². The molecule has 0 aliphatic heterocycles. The fourth-order valence-corrected chi connectivity index (χ4v) is 2.02. The maximum absolute atomic E-state index is 12.9. The van der Waals surface area contributed by atoms with Crippen LogP contribution in [0.5, 0.6) is 0 Å². The van der Waals surface area contributed by atoms with Crippen LogP contribution in [0.2, 0.25) is 0 Å². The van der Waals surface area contributed by atoms with E-state index in [2.05, 4.69) is 26.1 Å². The van der Waals surface area contributed by atoms with E-state index in [1.54, 1.807) is 6.07 Å². The van der Waals surface area contributed by atoms with Crippen molar-refractivity contribution in [1.29, 1.82) is 0 Å². The molecule has 1 heterocycles. The first-order chi connectivity index (χ1) is 8.20. The Kier molecular flexibility index (Phi) is 4.12. The molecule has 2 aromatic rings. The molecule has 0 aliphatic rings. The van der Waals surface area contributed by atoms with Crippen LogP contribution in [0.4, 0.5) is 4.39 Å². The smallest absolute Gasteiger partial charge is 0.227 e. The van der Waals surface area contributed by atoms with Crippen molar-refractivity contribution in [2.75, 3.05) is 5.88 Å². The van der Waals surface area contributed by atoms with Crippen LogP contribution >= 0.6 is 27.5 Å². The van der Waals surface area contributed by atoms with Gasteiger partial charge in [0.25, 0.3) is 0 Å². The molecule has 0 bridgehead atoms. The number of hydrogen-bond acceptors (Lipinski definition) is 3. The topological polar surface area (TPSA) is 38.9 Å². The van der Waals surface area contributed by atoms with Crippen molar-refractivity contribution in [3.63, 3.8) is 0 Å². The van der Waals surface area contributed by atoms with Gasteiger partial charge in [-0.05, 0) is 40.5 Å². The SMILES string of the molecule is Fc1ccc(-c2noc(CCCCl)n2)c(Br)c1. The molecule has 0 fully saturated rings. The van der Waals surface area contributed by atoms with Gasteiger partial charge < -0.3 is 4.52 Å². The summed E-state index contributed by atoms with van der Waals surface area (Å²) < 4.78 is 18.6. The third kappa shape index (κ3) is 3.04. The largest absolute Gasteiger partial charge is 0.339 e. The highest BCUT2D eigenvalue weighted by Gasteiger charge is 2.11. The molecule has 0 saturated heterocycles. The first-order valence-electron chi connectivity index (χ1n) is 5.04. The Labute approximate surface area is 111 Å². The minimum absolute atomic E-state index is 0.313. The average molecular weight is 320 g/mol. The van der Waals surface area contributed by atoms with Crippen LogP contribution in [0.1, 0.15) is 12.3 Å². The molecule has 3 nitrogen and oxygen atoms in total. The summed E-state index contributed by atoms with van der Waals surface area (Å²) in [6, 6.07) is 4.33. The van der Waals surface area contributed by atoms with Gasteiger partial charge >= 0.3 is 0 Å². The molecule has 0 atom stereocenters. The summed E-state index contributed by atoms with van der Waals surface area (Å²) in [7, 11) is 0. The van der Waals surface area contributed by atoms with Crippen LogP contribution in [0.3, 0.4) is 0 Å². The van der Waals surface area contributed by atoms with Gasteiger partial charge in [-0.15, -0.1) is 11.6 Å². The van der Waals surface area contributed by atoms with Crippen LogP contribution in [0.25, 0.3) is 11.4 Å². The fourth-order valence-electron chi connectivity index (χ4n) is 1.35. The quantitative estimate of drug-likeness (QED) is 0.804. The monoisotopic (exact) mass is 318 g/mol. The minimum atomic E-state index is -0.313. The molecule has 90 valence electrons. The summed E-state index contributed by atoms with van der Waals surface area (Å²) >= 11 is 8.84. The summed E-state index contributed by atoms with van der Waals surface area (Å²) in [5, 5.41) is 3.85. The molecule has 6 heteroatoms. The van der Waals surface area contributed by atoms with E-state index in [1.807, 2.05) is 0 Å². The molecule has 0 spiro atoms. The van der Waals surface area contributed by atoms with Crippen molar-refractivity contribution in [2.24, 2.45) is 0 Å². The van der Waals surface area contributed by atoms with Crippen LogP contribution in [-0.2, 0) is 6.42 Å². The van der Waals surface area contributed by atoms with E-state index < -0.39 is 0 Å². The van der Waals surface area contributed by atoms with Crippen molar-refractivity contribution < 1.29 is 8.91 Å². The third-order valence-corrected chi connectivity index (χ3v) is 3.09. The number of hydrogen-bond donors (Lipinski definition) is 0. The number of aryl methyl sites for hydroxylation is 1. The molecule has 1 aromatic heterocycles. The number of nitrogens with zero attached hydrogens (tertiary/aromatic N) is 2. The third-order valence-electron chi connectivity index (χ3n) is 2.16. The van der Waals surface area contributed by atoms with E-state index in [-0.39, 0.29) is 5.82 Å². The first kappa shape index (κ1) is 12.5. The van der Waals surface area contributed by atoms with Gasteiger partial charge in [0.2, 0.25) is 11.7 Å². The summed E-state index contributed by atoms with van der Waals surface area (Å²) in [6.45, 7) is 0. The number of rotatable bonds is 4. The Morgan fingerprint density at radius 2 is 2.24 bits per heavy atom. The van der Waals surface area contributed by atoms with E-state index in [9.17, 15) is 4.39 Å². The molecule has 0 radical (unpaired) electrons. The van der Waals surface area contributed by atoms with Gasteiger partial charge in [-0.25, -0.2) is 4.39 Å². The van der Waals surface area contributed by atoms with Gasteiger partial charge in [-0.3, -0.25) is 0 Å². The number of benzene rings is 1. The van der Waals surface area contributed by atoms with Crippen LogP contribution in [-0.4, -0.2) is 16.0 Å². The van der Waals surface area contributed by atoms with Gasteiger partial charge in [0.15, 0.2) is 0 Å². The Bertz CT molecular complexity index is 518. The zero-order valence-corrected chi connectivity index (χ0v) is 11.1. The Morgan fingerprint density at radius 1 is 1.41 bits per heavy atom. The molecule has 2 rings (SSSR count). The number of alkyl halides is 1. The van der Waals surface area contributed by atoms with Crippen molar-refractivity contribution >= 4 is 27.5 Å². The lowest BCUT2D eigenvalue weighted by molar-refractivity contribution is 0.378. The molecule has 0 amide bonds. The molecule has 0 saturated carbocycles. The van der Waals surface area contributed by atoms with Gasteiger partial charge in [0.1, 0.15) is 5.82 Å². The molecule has 0 unspecified atom stereocenters. The second-order valence-corrected chi connectivity index (χ2v) is 4.66. The summed E-state index contributed by atoms with van der Waals surface area (Å²) in [5.41, 5.74) is 0.701. The highest BCUT2D eigenvalue weighted by molar-refractivity contribution is 9.10. The van der Waals surface area contributed by atoms with Crippen LogP contribution < -0.4 is 0 Å². The normalized spacial score (nSPS) is 10.8. The van der Waals surface area contributed by atoms with Crippen molar-refractivity contribution in [1.82, 2.24) is 10.1 Å². The first-order valence-corrected chi connectivity index (χ1v) is 6.37. The van der Waals surface area contributed by atoms with Gasteiger partial charge in [-0.2, -0.15) is 4.98 Å². The summed E-state index contributed by atoms with van der Waals surface area (Å²) in [5.74, 6) is 1.22. The Balaban J connectivity index is 2.24. The van der Waals surface area contributed by atoms with E-state index in [1.165, 1.54) is 12.1 Å². The molecule has 0 N–H and O–H groups in total. The standard InChI is InChI=1S/C11H9BrClFN2O/c12-9-6-7(14)3-4-8(9)11-15-10(17-16-11)2-1-5-13/h3-4,6H,1-2,5H2. The average Bonchev–Trinajstić information content (AvgIpc) is 2.75. The predicted molar refractivity (Wildman–Crippen MR) is 66.4 cm³/mol. The van der Waals surface area contributed by atoms with E-state index in [0.717, 1.165) is 6.42 Å². The van der Waals surface area contributed by atoms with Gasteiger partial charge in [0, 0.05) is 22.3 Å². The zero-order chi connectivity index (χ0) is 12.3. The van der Waals surface area contributed by atoms with E-state index in [0.29, 0.717) is 34.1 Å². The van der Waals surface area contributed by atoms with Crippen LogP contribution in [0.15, 0.2) is 27.2 Å². The lowest BCUT2D eigenvalue weighted by atomic mass is 10.2. The molecule has 17 heavy (non-hydrogen) atoms. The maximum atomic E-state index is 12.9. The second kappa shape index (κ2) is 5.60. The van der Waals surface area contributed by atoms with Gasteiger partial charge in [0.05, 0.1) is 0 Å². The molecule has 1 aromatic carbocycles. The predicted octanol–water partition coefficient (Wildman–Crippen LogP) is 3.81. The fraction of sp³-hybridized carbons (Fsp3) is 0.273. The maximum Gasteiger partial charge on any atom is 0.227 e. The van der Waals surface area contributed by atoms with E-state index in [4.69, 9.17) is 16.1 Å². The highest BCUT2D eigenvalue weighted by Crippen LogP contribution is 2.26. The van der Waals surface area contributed by atoms with Crippen LogP contribution in [0, 0.1) is 5.82 Å². The minimum Gasteiger partial charge on any atom is -0.339 e. The Morgan fingerprint density at radius 3 is 2.94 bits per heavy atom. The molecular formula is C11H9BrClFN2O. The zero-order valence-electron chi connectivity index (χ0n) is 8.79. The van der Waals surface area contributed by atoms with Gasteiger partial charge in [-0.1, -0.05) is 5.16 Å². The lowest BCUT2D eigenvalue weighted by Crippen LogP contribution is -1.87. The summed E-state index contributed by atoms with van der Waals surface area (Å²) in [4.78, 5) is 4.22. The van der Waals surface area contributed by atoms with Crippen molar-refractivity contribution in [2.45, 2.75) is 12.8 Å². The number of halogens is 3. The Hall–Kier alpha value is -0.940. The molecular weight excluding hydrogens is 310 g/mol. The van der Waals surface area contributed by atoms with Crippen molar-refractivity contribution in [3.8, 4) is 11.4 Å². The second-order valence-electron chi connectivity index (χ2n) is 3.43. The number of aromatic nitrogens is 2.